The molecule has 3 N–H and O–H groups in total. The molecule has 1 aliphatic rings. The van der Waals surface area contributed by atoms with E-state index in [-0.39, 0.29) is 11.4 Å². The SMILES string of the molecule is CC(C)(C)C1CCN(C(=O)Nc2ccc(N)cc2)C1. The van der Waals surface area contributed by atoms with Gasteiger partial charge in [0, 0.05) is 24.5 Å². The molecular weight excluding hydrogens is 238 g/mol. The summed E-state index contributed by atoms with van der Waals surface area (Å²) in [7, 11) is 0. The van der Waals surface area contributed by atoms with Crippen LogP contribution in [0.5, 0.6) is 0 Å². The molecule has 1 aromatic carbocycles. The zero-order valence-corrected chi connectivity index (χ0v) is 11.9. The monoisotopic (exact) mass is 261 g/mol. The van der Waals surface area contributed by atoms with Crippen molar-refractivity contribution in [2.24, 2.45) is 11.3 Å². The Morgan fingerprint density at radius 1 is 1.32 bits per heavy atom. The number of anilines is 2. The second-order valence-corrected chi connectivity index (χ2v) is 6.35. The zero-order chi connectivity index (χ0) is 14.0. The van der Waals surface area contributed by atoms with Crippen molar-refractivity contribution in [2.75, 3.05) is 24.1 Å². The lowest BCUT2D eigenvalue weighted by atomic mass is 9.80. The Labute approximate surface area is 115 Å². The van der Waals surface area contributed by atoms with E-state index < -0.39 is 0 Å². The summed E-state index contributed by atoms with van der Waals surface area (Å²) in [5, 5.41) is 2.91. The first-order valence-electron chi connectivity index (χ1n) is 6.78. The van der Waals surface area contributed by atoms with Crippen LogP contribution < -0.4 is 11.1 Å². The summed E-state index contributed by atoms with van der Waals surface area (Å²) in [6, 6.07) is 7.21. The summed E-state index contributed by atoms with van der Waals surface area (Å²) in [4.78, 5) is 14.1. The highest BCUT2D eigenvalue weighted by Gasteiger charge is 2.33. The molecule has 19 heavy (non-hydrogen) atoms. The summed E-state index contributed by atoms with van der Waals surface area (Å²) < 4.78 is 0. The average molecular weight is 261 g/mol. The molecule has 1 saturated heterocycles. The molecule has 1 unspecified atom stereocenters. The lowest BCUT2D eigenvalue weighted by Crippen LogP contribution is -2.34. The molecule has 2 amide bonds. The second-order valence-electron chi connectivity index (χ2n) is 6.35. The molecule has 1 fully saturated rings. The minimum absolute atomic E-state index is 0.0171. The average Bonchev–Trinajstić information content (AvgIpc) is 2.81. The first-order valence-corrected chi connectivity index (χ1v) is 6.78. The van der Waals surface area contributed by atoms with E-state index in [2.05, 4.69) is 26.1 Å². The van der Waals surface area contributed by atoms with Crippen molar-refractivity contribution in [3.05, 3.63) is 24.3 Å². The largest absolute Gasteiger partial charge is 0.399 e. The maximum atomic E-state index is 12.2. The van der Waals surface area contributed by atoms with Crippen LogP contribution in [-0.4, -0.2) is 24.0 Å². The summed E-state index contributed by atoms with van der Waals surface area (Å²) in [6.07, 6.45) is 1.08. The van der Waals surface area contributed by atoms with E-state index in [0.29, 0.717) is 11.6 Å². The summed E-state index contributed by atoms with van der Waals surface area (Å²) in [5.41, 5.74) is 7.37. The van der Waals surface area contributed by atoms with E-state index in [0.717, 1.165) is 25.2 Å². The van der Waals surface area contributed by atoms with Gasteiger partial charge in [0.1, 0.15) is 0 Å². The van der Waals surface area contributed by atoms with E-state index in [1.807, 2.05) is 17.0 Å². The second kappa shape index (κ2) is 5.11. The predicted molar refractivity (Wildman–Crippen MR) is 79.0 cm³/mol. The van der Waals surface area contributed by atoms with E-state index in [9.17, 15) is 4.79 Å². The Kier molecular flexibility index (Phi) is 3.69. The number of likely N-dealkylation sites (tertiary alicyclic amines) is 1. The molecular formula is C15H23N3O. The predicted octanol–water partition coefficient (Wildman–Crippen LogP) is 3.17. The van der Waals surface area contributed by atoms with Crippen LogP contribution in [0.15, 0.2) is 24.3 Å². The van der Waals surface area contributed by atoms with E-state index in [1.165, 1.54) is 0 Å². The molecule has 0 aromatic heterocycles. The Morgan fingerprint density at radius 3 is 2.47 bits per heavy atom. The molecule has 1 aromatic rings. The molecule has 0 bridgehead atoms. The van der Waals surface area contributed by atoms with E-state index in [4.69, 9.17) is 5.73 Å². The normalized spacial score (nSPS) is 19.5. The maximum Gasteiger partial charge on any atom is 0.321 e. The van der Waals surface area contributed by atoms with Crippen LogP contribution in [-0.2, 0) is 0 Å². The molecule has 1 aliphatic heterocycles. The highest BCUT2D eigenvalue weighted by molar-refractivity contribution is 5.89. The van der Waals surface area contributed by atoms with Crippen molar-refractivity contribution in [3.63, 3.8) is 0 Å². The number of carbonyl (C=O) groups excluding carboxylic acids is 1. The molecule has 2 rings (SSSR count). The van der Waals surface area contributed by atoms with Gasteiger partial charge in [-0.25, -0.2) is 4.79 Å². The highest BCUT2D eigenvalue weighted by atomic mass is 16.2. The van der Waals surface area contributed by atoms with Crippen molar-refractivity contribution < 1.29 is 4.79 Å². The summed E-state index contributed by atoms with van der Waals surface area (Å²) in [5.74, 6) is 0.574. The third kappa shape index (κ3) is 3.40. The smallest absolute Gasteiger partial charge is 0.321 e. The zero-order valence-electron chi connectivity index (χ0n) is 11.9. The number of hydrogen-bond donors (Lipinski definition) is 2. The number of urea groups is 1. The van der Waals surface area contributed by atoms with Gasteiger partial charge >= 0.3 is 6.03 Å². The quantitative estimate of drug-likeness (QED) is 0.763. The van der Waals surface area contributed by atoms with Gasteiger partial charge in [-0.3, -0.25) is 0 Å². The Hall–Kier alpha value is -1.71. The van der Waals surface area contributed by atoms with Gasteiger partial charge in [0.25, 0.3) is 0 Å². The van der Waals surface area contributed by atoms with E-state index in [1.54, 1.807) is 12.1 Å². The van der Waals surface area contributed by atoms with Crippen LogP contribution >= 0.6 is 0 Å². The molecule has 1 atom stereocenters. The Morgan fingerprint density at radius 2 is 1.95 bits per heavy atom. The lowest BCUT2D eigenvalue weighted by molar-refractivity contribution is 0.208. The molecule has 0 saturated carbocycles. The van der Waals surface area contributed by atoms with Crippen LogP contribution in [0.2, 0.25) is 0 Å². The standard InChI is InChI=1S/C15H23N3O/c1-15(2,3)11-8-9-18(10-11)14(19)17-13-6-4-12(16)5-7-13/h4-7,11H,8-10,16H2,1-3H3,(H,17,19). The van der Waals surface area contributed by atoms with Crippen molar-refractivity contribution >= 4 is 17.4 Å². The van der Waals surface area contributed by atoms with Crippen LogP contribution in [0.1, 0.15) is 27.2 Å². The Balaban J connectivity index is 1.93. The van der Waals surface area contributed by atoms with Gasteiger partial charge in [0.2, 0.25) is 0 Å². The molecule has 0 spiro atoms. The van der Waals surface area contributed by atoms with Gasteiger partial charge < -0.3 is 16.0 Å². The topological polar surface area (TPSA) is 58.4 Å². The maximum absolute atomic E-state index is 12.2. The van der Waals surface area contributed by atoms with Gasteiger partial charge in [-0.1, -0.05) is 20.8 Å². The number of benzene rings is 1. The van der Waals surface area contributed by atoms with Crippen LogP contribution in [0.4, 0.5) is 16.2 Å². The first-order chi connectivity index (χ1) is 8.86. The van der Waals surface area contributed by atoms with Crippen LogP contribution in [0.3, 0.4) is 0 Å². The van der Waals surface area contributed by atoms with Crippen molar-refractivity contribution in [1.82, 2.24) is 4.90 Å². The third-order valence-corrected chi connectivity index (χ3v) is 3.86. The fourth-order valence-electron chi connectivity index (χ4n) is 2.42. The number of nitrogen functional groups attached to an aromatic ring is 1. The van der Waals surface area contributed by atoms with Gasteiger partial charge in [0.15, 0.2) is 0 Å². The fraction of sp³-hybridized carbons (Fsp3) is 0.533. The van der Waals surface area contributed by atoms with Gasteiger partial charge in [0.05, 0.1) is 0 Å². The van der Waals surface area contributed by atoms with Gasteiger partial charge in [-0.15, -0.1) is 0 Å². The fourth-order valence-corrected chi connectivity index (χ4v) is 2.42. The van der Waals surface area contributed by atoms with Crippen molar-refractivity contribution in [2.45, 2.75) is 27.2 Å². The van der Waals surface area contributed by atoms with Crippen molar-refractivity contribution in [3.8, 4) is 0 Å². The highest BCUT2D eigenvalue weighted by Crippen LogP contribution is 2.33. The first kappa shape index (κ1) is 13.7. The van der Waals surface area contributed by atoms with Crippen LogP contribution in [0, 0.1) is 11.3 Å². The number of nitrogens with two attached hydrogens (primary N) is 1. The number of carbonyl (C=O) groups is 1. The van der Waals surface area contributed by atoms with Gasteiger partial charge in [-0.05, 0) is 42.0 Å². The number of amides is 2. The van der Waals surface area contributed by atoms with Crippen LogP contribution in [0.25, 0.3) is 0 Å². The lowest BCUT2D eigenvalue weighted by Gasteiger charge is -2.27. The number of nitrogens with zero attached hydrogens (tertiary/aromatic N) is 1. The molecule has 0 radical (unpaired) electrons. The third-order valence-electron chi connectivity index (χ3n) is 3.86. The van der Waals surface area contributed by atoms with Gasteiger partial charge in [-0.2, -0.15) is 0 Å². The molecule has 0 aliphatic carbocycles. The number of hydrogen-bond acceptors (Lipinski definition) is 2. The molecule has 1 heterocycles. The minimum atomic E-state index is -0.0171. The minimum Gasteiger partial charge on any atom is -0.399 e. The number of nitrogens with one attached hydrogen (secondary N) is 1. The molecule has 4 nitrogen and oxygen atoms in total. The summed E-state index contributed by atoms with van der Waals surface area (Å²) in [6.45, 7) is 8.38. The number of rotatable bonds is 1. The molecule has 104 valence electrons. The van der Waals surface area contributed by atoms with E-state index >= 15 is 0 Å². The Bertz CT molecular complexity index is 447. The molecule has 4 heteroatoms. The van der Waals surface area contributed by atoms with Crippen molar-refractivity contribution in [1.29, 1.82) is 0 Å². The summed E-state index contributed by atoms with van der Waals surface area (Å²) >= 11 is 0.